The van der Waals surface area contributed by atoms with Crippen molar-refractivity contribution in [2.75, 3.05) is 25.0 Å². The average Bonchev–Trinajstić information content (AvgIpc) is 2.67. The highest BCUT2D eigenvalue weighted by molar-refractivity contribution is 9.10. The van der Waals surface area contributed by atoms with Crippen molar-refractivity contribution in [2.45, 2.75) is 33.6 Å². The molecule has 3 rings (SSSR count). The molecule has 2 aromatic carbocycles. The molecule has 29 heavy (non-hydrogen) atoms. The van der Waals surface area contributed by atoms with Crippen LogP contribution in [0.3, 0.4) is 0 Å². The number of aryl methyl sites for hydroxylation is 2. The van der Waals surface area contributed by atoms with Crippen LogP contribution in [0.2, 0.25) is 0 Å². The second-order valence-electron chi connectivity index (χ2n) is 7.76. The quantitative estimate of drug-likeness (QED) is 0.688. The molecule has 0 aliphatic carbocycles. The number of rotatable bonds is 5. The zero-order chi connectivity index (χ0) is 21.0. The van der Waals surface area contributed by atoms with Gasteiger partial charge in [0.25, 0.3) is 11.8 Å². The number of nitrogens with zero attached hydrogens (tertiary/aromatic N) is 1. The van der Waals surface area contributed by atoms with E-state index in [1.54, 1.807) is 24.3 Å². The first kappa shape index (κ1) is 21.4. The van der Waals surface area contributed by atoms with Gasteiger partial charge in [0.15, 0.2) is 6.61 Å². The van der Waals surface area contributed by atoms with Crippen molar-refractivity contribution in [1.82, 2.24) is 4.90 Å². The number of carbonyl (C=O) groups is 2. The Balaban J connectivity index is 1.60. The lowest BCUT2D eigenvalue weighted by Gasteiger charge is -2.30. The molecule has 6 heteroatoms. The maximum absolute atomic E-state index is 12.7. The molecule has 5 nitrogen and oxygen atoms in total. The molecule has 0 atom stereocenters. The summed E-state index contributed by atoms with van der Waals surface area (Å²) in [5.41, 5.74) is 3.12. The molecule has 1 heterocycles. The third-order valence-corrected chi connectivity index (χ3v) is 5.69. The number of nitrogens with one attached hydrogen (secondary N) is 1. The fourth-order valence-electron chi connectivity index (χ4n) is 3.58. The number of piperidine rings is 1. The van der Waals surface area contributed by atoms with Crippen LogP contribution in [-0.2, 0) is 4.79 Å². The first-order valence-corrected chi connectivity index (χ1v) is 10.7. The van der Waals surface area contributed by atoms with E-state index in [1.165, 1.54) is 0 Å². The van der Waals surface area contributed by atoms with Gasteiger partial charge in [0, 0.05) is 28.8 Å². The van der Waals surface area contributed by atoms with Gasteiger partial charge in [-0.2, -0.15) is 0 Å². The maximum atomic E-state index is 12.7. The first-order valence-electron chi connectivity index (χ1n) is 9.92. The zero-order valence-electron chi connectivity index (χ0n) is 17.1. The summed E-state index contributed by atoms with van der Waals surface area (Å²) in [7, 11) is 0. The number of ether oxygens (including phenoxy) is 1. The SMILES string of the molecule is Cc1cc(Br)cc(C)c1OCC(=O)Nc1cccc(C(=O)N2CCC(C)CC2)c1. The second kappa shape index (κ2) is 9.44. The molecular formula is C23H27BrN2O3. The third-order valence-electron chi connectivity index (χ3n) is 5.24. The largest absolute Gasteiger partial charge is 0.483 e. The van der Waals surface area contributed by atoms with Crippen molar-refractivity contribution < 1.29 is 14.3 Å². The van der Waals surface area contributed by atoms with Crippen LogP contribution in [0.25, 0.3) is 0 Å². The van der Waals surface area contributed by atoms with E-state index in [0.717, 1.165) is 41.5 Å². The Labute approximate surface area is 180 Å². The van der Waals surface area contributed by atoms with Crippen molar-refractivity contribution in [3.8, 4) is 5.75 Å². The summed E-state index contributed by atoms with van der Waals surface area (Å²) < 4.78 is 6.71. The van der Waals surface area contributed by atoms with E-state index < -0.39 is 0 Å². The molecule has 1 N–H and O–H groups in total. The molecular weight excluding hydrogens is 432 g/mol. The van der Waals surface area contributed by atoms with E-state index in [0.29, 0.717) is 22.9 Å². The Morgan fingerprint density at radius 1 is 1.14 bits per heavy atom. The van der Waals surface area contributed by atoms with Gasteiger partial charge in [-0.15, -0.1) is 0 Å². The molecule has 0 spiro atoms. The molecule has 1 fully saturated rings. The number of likely N-dealkylation sites (tertiary alicyclic amines) is 1. The number of anilines is 1. The highest BCUT2D eigenvalue weighted by Gasteiger charge is 2.21. The average molecular weight is 459 g/mol. The van der Waals surface area contributed by atoms with Gasteiger partial charge in [-0.1, -0.05) is 28.9 Å². The van der Waals surface area contributed by atoms with Crippen LogP contribution < -0.4 is 10.1 Å². The topological polar surface area (TPSA) is 58.6 Å². The summed E-state index contributed by atoms with van der Waals surface area (Å²) in [6.07, 6.45) is 2.07. The molecule has 1 saturated heterocycles. The predicted molar refractivity (Wildman–Crippen MR) is 118 cm³/mol. The minimum Gasteiger partial charge on any atom is -0.483 e. The Morgan fingerprint density at radius 2 is 1.79 bits per heavy atom. The van der Waals surface area contributed by atoms with E-state index in [-0.39, 0.29) is 18.4 Å². The second-order valence-corrected chi connectivity index (χ2v) is 8.68. The molecule has 0 aromatic heterocycles. The van der Waals surface area contributed by atoms with Crippen LogP contribution in [0.5, 0.6) is 5.75 Å². The lowest BCUT2D eigenvalue weighted by Crippen LogP contribution is -2.37. The van der Waals surface area contributed by atoms with Crippen molar-refractivity contribution in [1.29, 1.82) is 0 Å². The number of hydrogen-bond donors (Lipinski definition) is 1. The third kappa shape index (κ3) is 5.60. The zero-order valence-corrected chi connectivity index (χ0v) is 18.7. The number of hydrogen-bond acceptors (Lipinski definition) is 3. The molecule has 2 amide bonds. The van der Waals surface area contributed by atoms with E-state index in [1.807, 2.05) is 30.9 Å². The Hall–Kier alpha value is -2.34. The normalized spacial score (nSPS) is 14.6. The summed E-state index contributed by atoms with van der Waals surface area (Å²) >= 11 is 3.46. The lowest BCUT2D eigenvalue weighted by molar-refractivity contribution is -0.118. The number of carbonyl (C=O) groups excluding carboxylic acids is 2. The number of halogens is 1. The van der Waals surface area contributed by atoms with Gasteiger partial charge in [-0.3, -0.25) is 9.59 Å². The summed E-state index contributed by atoms with van der Waals surface area (Å²) in [5.74, 6) is 1.14. The summed E-state index contributed by atoms with van der Waals surface area (Å²) in [4.78, 5) is 27.0. The van der Waals surface area contributed by atoms with E-state index in [4.69, 9.17) is 4.74 Å². The Kier molecular flexibility index (Phi) is 6.96. The van der Waals surface area contributed by atoms with Crippen molar-refractivity contribution in [3.05, 3.63) is 57.6 Å². The Morgan fingerprint density at radius 3 is 2.45 bits per heavy atom. The molecule has 0 radical (unpaired) electrons. The van der Waals surface area contributed by atoms with Crippen LogP contribution >= 0.6 is 15.9 Å². The smallest absolute Gasteiger partial charge is 0.262 e. The van der Waals surface area contributed by atoms with Crippen LogP contribution in [0.15, 0.2) is 40.9 Å². The fourth-order valence-corrected chi connectivity index (χ4v) is 4.27. The predicted octanol–water partition coefficient (Wildman–Crippen LogP) is 4.96. The van der Waals surface area contributed by atoms with Gasteiger partial charge in [0.1, 0.15) is 5.75 Å². The van der Waals surface area contributed by atoms with Crippen LogP contribution in [-0.4, -0.2) is 36.4 Å². The van der Waals surface area contributed by atoms with Gasteiger partial charge in [-0.25, -0.2) is 0 Å². The highest BCUT2D eigenvalue weighted by atomic mass is 79.9. The molecule has 1 aliphatic rings. The minimum atomic E-state index is -0.261. The first-order chi connectivity index (χ1) is 13.8. The molecule has 0 bridgehead atoms. The van der Waals surface area contributed by atoms with Gasteiger partial charge in [0.2, 0.25) is 0 Å². The van der Waals surface area contributed by atoms with Crippen LogP contribution in [0.4, 0.5) is 5.69 Å². The van der Waals surface area contributed by atoms with Crippen molar-refractivity contribution in [3.63, 3.8) is 0 Å². The van der Waals surface area contributed by atoms with Gasteiger partial charge >= 0.3 is 0 Å². The standard InChI is InChI=1S/C23H27BrN2O3/c1-15-7-9-26(10-8-15)23(28)18-5-4-6-20(13-18)25-21(27)14-29-22-16(2)11-19(24)12-17(22)3/h4-6,11-13,15H,7-10,14H2,1-3H3,(H,25,27). The molecule has 154 valence electrons. The van der Waals surface area contributed by atoms with Crippen LogP contribution in [0, 0.1) is 19.8 Å². The van der Waals surface area contributed by atoms with E-state index in [9.17, 15) is 9.59 Å². The molecule has 0 saturated carbocycles. The number of benzene rings is 2. The lowest BCUT2D eigenvalue weighted by atomic mass is 9.98. The van der Waals surface area contributed by atoms with Gasteiger partial charge in [-0.05, 0) is 74.1 Å². The molecule has 1 aliphatic heterocycles. The fraction of sp³-hybridized carbons (Fsp3) is 0.391. The monoisotopic (exact) mass is 458 g/mol. The van der Waals surface area contributed by atoms with Gasteiger partial charge in [0.05, 0.1) is 0 Å². The van der Waals surface area contributed by atoms with E-state index in [2.05, 4.69) is 28.2 Å². The summed E-state index contributed by atoms with van der Waals surface area (Å²) in [6.45, 7) is 7.60. The maximum Gasteiger partial charge on any atom is 0.262 e. The minimum absolute atomic E-state index is 0.0189. The Bertz CT molecular complexity index is 882. The van der Waals surface area contributed by atoms with Crippen LogP contribution in [0.1, 0.15) is 41.3 Å². The number of amides is 2. The van der Waals surface area contributed by atoms with E-state index >= 15 is 0 Å². The molecule has 2 aromatic rings. The van der Waals surface area contributed by atoms with Gasteiger partial charge < -0.3 is 15.0 Å². The summed E-state index contributed by atoms with van der Waals surface area (Å²) in [6, 6.07) is 11.0. The molecule has 0 unspecified atom stereocenters. The van der Waals surface area contributed by atoms with Crippen molar-refractivity contribution >= 4 is 33.4 Å². The summed E-state index contributed by atoms with van der Waals surface area (Å²) in [5, 5.41) is 2.82. The van der Waals surface area contributed by atoms with Crippen molar-refractivity contribution in [2.24, 2.45) is 5.92 Å². The highest BCUT2D eigenvalue weighted by Crippen LogP contribution is 2.27.